The number of hydrogen-bond acceptors (Lipinski definition) is 3. The number of hydrogen-bond donors (Lipinski definition) is 2. The van der Waals surface area contributed by atoms with Gasteiger partial charge in [-0.05, 0) is 6.08 Å². The third kappa shape index (κ3) is 0.502. The second kappa shape index (κ2) is 1.28. The Morgan fingerprint density at radius 3 is 2.83 bits per heavy atom. The van der Waals surface area contributed by atoms with Gasteiger partial charge < -0.3 is 0 Å². The first-order chi connectivity index (χ1) is 2.89. The van der Waals surface area contributed by atoms with Crippen LogP contribution in [0.2, 0.25) is 0 Å². The molecule has 0 bridgehead atoms. The number of hydrazine groups is 2. The number of nitrogens with one attached hydrogen (secondary N) is 1. The molecule has 0 aliphatic carbocycles. The van der Waals surface area contributed by atoms with E-state index in [0.717, 1.165) is 6.54 Å². The smallest absolute Gasteiger partial charge is 0.0363 e. The zero-order valence-corrected chi connectivity index (χ0v) is 3.39. The molecular weight excluding hydrogens is 78.1 g/mol. The lowest BCUT2D eigenvalue weighted by Gasteiger charge is -2.04. The van der Waals surface area contributed by atoms with Gasteiger partial charge in [-0.2, -0.15) is 0 Å². The van der Waals surface area contributed by atoms with Gasteiger partial charge in [0.1, 0.15) is 0 Å². The van der Waals surface area contributed by atoms with Gasteiger partial charge in [-0.3, -0.25) is 5.12 Å². The van der Waals surface area contributed by atoms with Gasteiger partial charge in [0.15, 0.2) is 0 Å². The van der Waals surface area contributed by atoms with E-state index in [1.54, 1.807) is 6.20 Å². The van der Waals surface area contributed by atoms with Crippen molar-refractivity contribution in [3.05, 3.63) is 12.3 Å². The standard InChI is InChI=1S/C3H7N3/c4-6-3-1-2-5-6/h1,3,5H,2,4H2. The molecule has 0 radical (unpaired) electrons. The minimum atomic E-state index is 0.858. The van der Waals surface area contributed by atoms with Crippen LogP contribution in [0.4, 0.5) is 0 Å². The highest BCUT2D eigenvalue weighted by Crippen LogP contribution is 1.80. The van der Waals surface area contributed by atoms with E-state index in [1.165, 1.54) is 5.12 Å². The summed E-state index contributed by atoms with van der Waals surface area (Å²) >= 11 is 0. The summed E-state index contributed by atoms with van der Waals surface area (Å²) in [6, 6.07) is 0. The van der Waals surface area contributed by atoms with Crippen molar-refractivity contribution in [2.45, 2.75) is 0 Å². The van der Waals surface area contributed by atoms with E-state index in [0.29, 0.717) is 0 Å². The summed E-state index contributed by atoms with van der Waals surface area (Å²) in [6.45, 7) is 0.858. The van der Waals surface area contributed by atoms with Crippen LogP contribution < -0.4 is 11.3 Å². The minimum absolute atomic E-state index is 0.858. The van der Waals surface area contributed by atoms with Gasteiger partial charge in [0.05, 0.1) is 0 Å². The fourth-order valence-electron chi connectivity index (χ4n) is 0.377. The van der Waals surface area contributed by atoms with Gasteiger partial charge in [-0.15, -0.1) is 0 Å². The molecule has 0 aromatic heterocycles. The van der Waals surface area contributed by atoms with Gasteiger partial charge in [0.2, 0.25) is 0 Å². The Morgan fingerprint density at radius 2 is 2.67 bits per heavy atom. The summed E-state index contributed by atoms with van der Waals surface area (Å²) in [6.07, 6.45) is 3.72. The van der Waals surface area contributed by atoms with Crippen LogP contribution in [-0.2, 0) is 0 Å². The first-order valence-corrected chi connectivity index (χ1v) is 1.84. The first kappa shape index (κ1) is 3.64. The maximum absolute atomic E-state index is 5.17. The maximum atomic E-state index is 5.17. The van der Waals surface area contributed by atoms with Gasteiger partial charge in [0.25, 0.3) is 0 Å². The molecule has 3 N–H and O–H groups in total. The van der Waals surface area contributed by atoms with Crippen molar-refractivity contribution >= 4 is 0 Å². The maximum Gasteiger partial charge on any atom is 0.0363 e. The Balaban J connectivity index is 2.38. The van der Waals surface area contributed by atoms with Gasteiger partial charge in [-0.25, -0.2) is 11.3 Å². The molecule has 1 aliphatic heterocycles. The quantitative estimate of drug-likeness (QED) is 0.378. The summed E-state index contributed by atoms with van der Waals surface area (Å²) in [5, 5.41) is 1.43. The van der Waals surface area contributed by atoms with Crippen molar-refractivity contribution in [3.8, 4) is 0 Å². The molecule has 0 saturated carbocycles. The van der Waals surface area contributed by atoms with E-state index in [4.69, 9.17) is 5.84 Å². The van der Waals surface area contributed by atoms with Crippen LogP contribution in [0.25, 0.3) is 0 Å². The lowest BCUT2D eigenvalue weighted by atomic mass is 10.7. The highest BCUT2D eigenvalue weighted by molar-refractivity contribution is 4.85. The van der Waals surface area contributed by atoms with Crippen LogP contribution in [0.3, 0.4) is 0 Å². The molecule has 3 heteroatoms. The molecule has 0 atom stereocenters. The summed E-state index contributed by atoms with van der Waals surface area (Å²) in [4.78, 5) is 0. The van der Waals surface area contributed by atoms with Gasteiger partial charge >= 0.3 is 0 Å². The molecule has 0 saturated heterocycles. The van der Waals surface area contributed by atoms with Crippen molar-refractivity contribution in [1.29, 1.82) is 0 Å². The molecule has 0 aromatic carbocycles. The normalized spacial score (nSPS) is 19.8. The van der Waals surface area contributed by atoms with Crippen molar-refractivity contribution < 1.29 is 0 Å². The van der Waals surface area contributed by atoms with E-state index in [1.807, 2.05) is 6.08 Å². The Kier molecular flexibility index (Phi) is 0.777. The Bertz CT molecular complexity index is 68.4. The molecule has 0 unspecified atom stereocenters. The van der Waals surface area contributed by atoms with Gasteiger partial charge in [-0.1, -0.05) is 0 Å². The summed E-state index contributed by atoms with van der Waals surface area (Å²) in [5.41, 5.74) is 2.82. The molecule has 34 valence electrons. The number of rotatable bonds is 0. The average Bonchev–Trinajstić information content (AvgIpc) is 1.86. The van der Waals surface area contributed by atoms with Crippen LogP contribution in [0, 0.1) is 0 Å². The van der Waals surface area contributed by atoms with Gasteiger partial charge in [0, 0.05) is 12.7 Å². The van der Waals surface area contributed by atoms with Crippen LogP contribution in [0.1, 0.15) is 0 Å². The van der Waals surface area contributed by atoms with E-state index >= 15 is 0 Å². The van der Waals surface area contributed by atoms with Crippen LogP contribution >= 0.6 is 0 Å². The molecule has 0 spiro atoms. The van der Waals surface area contributed by atoms with Crippen LogP contribution in [0.15, 0.2) is 12.3 Å². The zero-order valence-electron chi connectivity index (χ0n) is 3.39. The molecule has 1 heterocycles. The van der Waals surface area contributed by atoms with Crippen molar-refractivity contribution in [3.63, 3.8) is 0 Å². The highest BCUT2D eigenvalue weighted by atomic mass is 15.7. The van der Waals surface area contributed by atoms with Crippen molar-refractivity contribution in [2.75, 3.05) is 6.54 Å². The fourth-order valence-corrected chi connectivity index (χ4v) is 0.377. The van der Waals surface area contributed by atoms with Crippen molar-refractivity contribution in [1.82, 2.24) is 10.5 Å². The summed E-state index contributed by atoms with van der Waals surface area (Å²) in [7, 11) is 0. The largest absolute Gasteiger partial charge is 0.252 e. The van der Waals surface area contributed by atoms with E-state index in [9.17, 15) is 0 Å². The Hall–Kier alpha value is -0.540. The number of nitrogens with zero attached hydrogens (tertiary/aromatic N) is 1. The monoisotopic (exact) mass is 85.1 g/mol. The molecule has 1 rings (SSSR count). The van der Waals surface area contributed by atoms with Crippen LogP contribution in [0.5, 0.6) is 0 Å². The second-order valence-electron chi connectivity index (χ2n) is 1.15. The SMILES string of the molecule is NN1C=CCN1. The fraction of sp³-hybridized carbons (Fsp3) is 0.333. The van der Waals surface area contributed by atoms with Crippen molar-refractivity contribution in [2.24, 2.45) is 5.84 Å². The average molecular weight is 85.1 g/mol. The zero-order chi connectivity index (χ0) is 4.41. The molecule has 0 fully saturated rings. The highest BCUT2D eigenvalue weighted by Gasteiger charge is 1.91. The number of nitrogens with two attached hydrogens (primary N) is 1. The minimum Gasteiger partial charge on any atom is -0.252 e. The Morgan fingerprint density at radius 1 is 1.83 bits per heavy atom. The lowest BCUT2D eigenvalue weighted by molar-refractivity contribution is 0.319. The molecular formula is C3H7N3. The third-order valence-corrected chi connectivity index (χ3v) is 0.658. The van der Waals surface area contributed by atoms with E-state index < -0.39 is 0 Å². The molecule has 1 aliphatic rings. The predicted molar refractivity (Wildman–Crippen MR) is 23.2 cm³/mol. The Labute approximate surface area is 36.4 Å². The van der Waals surface area contributed by atoms with E-state index in [2.05, 4.69) is 5.43 Å². The third-order valence-electron chi connectivity index (χ3n) is 0.658. The summed E-state index contributed by atoms with van der Waals surface area (Å²) < 4.78 is 0. The molecule has 3 nitrogen and oxygen atoms in total. The molecule has 0 aromatic rings. The van der Waals surface area contributed by atoms with Crippen LogP contribution in [-0.4, -0.2) is 11.7 Å². The molecule has 0 amide bonds. The second-order valence-corrected chi connectivity index (χ2v) is 1.15. The lowest BCUT2D eigenvalue weighted by Crippen LogP contribution is -2.34. The topological polar surface area (TPSA) is 41.3 Å². The molecule has 6 heavy (non-hydrogen) atoms. The summed E-state index contributed by atoms with van der Waals surface area (Å²) in [5.74, 6) is 5.17. The first-order valence-electron chi connectivity index (χ1n) is 1.84. The van der Waals surface area contributed by atoms with E-state index in [-0.39, 0.29) is 0 Å². The predicted octanol–water partition coefficient (Wildman–Crippen LogP) is -0.806.